The van der Waals surface area contributed by atoms with Crippen LogP contribution < -0.4 is 5.32 Å². The minimum absolute atomic E-state index is 0.0847. The molecule has 2 aromatic rings. The number of rotatable bonds is 5. The molecule has 5 nitrogen and oxygen atoms in total. The molecule has 0 aromatic carbocycles. The first kappa shape index (κ1) is 16.6. The zero-order valence-corrected chi connectivity index (χ0v) is 14.5. The van der Waals surface area contributed by atoms with E-state index < -0.39 is 0 Å². The lowest BCUT2D eigenvalue weighted by atomic mass is 10.1. The lowest BCUT2D eigenvalue weighted by Gasteiger charge is -2.27. The van der Waals surface area contributed by atoms with Crippen molar-refractivity contribution in [1.82, 2.24) is 15.2 Å². The summed E-state index contributed by atoms with van der Waals surface area (Å²) >= 11 is 1.56. The summed E-state index contributed by atoms with van der Waals surface area (Å²) < 4.78 is 0. The SMILES string of the molecule is CC(=O)N[C@@H](CC(=O)N1CCC[C@H]1c1ccncc1)c1cccs1. The third kappa shape index (κ3) is 3.82. The topological polar surface area (TPSA) is 62.3 Å². The Morgan fingerprint density at radius 1 is 1.38 bits per heavy atom. The maximum absolute atomic E-state index is 12.9. The molecule has 2 aromatic heterocycles. The number of hydrogen-bond acceptors (Lipinski definition) is 4. The van der Waals surface area contributed by atoms with E-state index in [0.29, 0.717) is 6.42 Å². The van der Waals surface area contributed by atoms with Crippen LogP contribution in [0.3, 0.4) is 0 Å². The normalized spacial score (nSPS) is 18.4. The number of nitrogens with zero attached hydrogens (tertiary/aromatic N) is 2. The van der Waals surface area contributed by atoms with Gasteiger partial charge >= 0.3 is 0 Å². The van der Waals surface area contributed by atoms with Gasteiger partial charge in [-0.25, -0.2) is 0 Å². The Kier molecular flexibility index (Phi) is 5.25. The maximum Gasteiger partial charge on any atom is 0.225 e. The van der Waals surface area contributed by atoms with E-state index in [2.05, 4.69) is 10.3 Å². The van der Waals surface area contributed by atoms with Crippen LogP contribution in [0, 0.1) is 0 Å². The van der Waals surface area contributed by atoms with Crippen LogP contribution in [0.25, 0.3) is 0 Å². The van der Waals surface area contributed by atoms with Gasteiger partial charge in [0.15, 0.2) is 0 Å². The second-order valence-electron chi connectivity index (χ2n) is 6.00. The summed E-state index contributed by atoms with van der Waals surface area (Å²) in [4.78, 5) is 31.4. The van der Waals surface area contributed by atoms with Gasteiger partial charge in [0.05, 0.1) is 18.5 Å². The molecule has 0 bridgehead atoms. The summed E-state index contributed by atoms with van der Waals surface area (Å²) in [5.41, 5.74) is 1.13. The standard InChI is InChI=1S/C18H21N3O2S/c1-13(22)20-15(17-5-3-11-24-17)12-18(23)21-10-2-4-16(21)14-6-8-19-9-7-14/h3,5-9,11,15-16H,2,4,10,12H2,1H3,(H,20,22)/t15-,16-/m0/s1. The molecule has 1 aliphatic heterocycles. The fourth-order valence-electron chi connectivity index (χ4n) is 3.25. The average molecular weight is 343 g/mol. The Hall–Kier alpha value is -2.21. The maximum atomic E-state index is 12.9. The molecule has 1 aliphatic rings. The Morgan fingerprint density at radius 2 is 2.17 bits per heavy atom. The highest BCUT2D eigenvalue weighted by Gasteiger charge is 2.31. The molecule has 0 spiro atoms. The number of carbonyl (C=O) groups excluding carboxylic acids is 2. The highest BCUT2D eigenvalue weighted by molar-refractivity contribution is 7.10. The van der Waals surface area contributed by atoms with E-state index in [4.69, 9.17) is 0 Å². The Morgan fingerprint density at radius 3 is 2.83 bits per heavy atom. The largest absolute Gasteiger partial charge is 0.348 e. The third-order valence-electron chi connectivity index (χ3n) is 4.31. The van der Waals surface area contributed by atoms with Gasteiger partial charge < -0.3 is 10.2 Å². The molecule has 1 N–H and O–H groups in total. The van der Waals surface area contributed by atoms with Gasteiger partial charge in [-0.15, -0.1) is 11.3 Å². The number of hydrogen-bond donors (Lipinski definition) is 1. The van der Waals surface area contributed by atoms with Crippen LogP contribution >= 0.6 is 11.3 Å². The predicted octanol–water partition coefficient (Wildman–Crippen LogP) is 3.07. The number of carbonyl (C=O) groups is 2. The van der Waals surface area contributed by atoms with Crippen molar-refractivity contribution in [3.8, 4) is 0 Å². The first-order valence-corrected chi connectivity index (χ1v) is 9.03. The Bertz CT molecular complexity index is 688. The summed E-state index contributed by atoms with van der Waals surface area (Å²) in [5.74, 6) is -0.0326. The predicted molar refractivity (Wildman–Crippen MR) is 93.4 cm³/mol. The van der Waals surface area contributed by atoms with E-state index in [-0.39, 0.29) is 23.9 Å². The molecule has 1 fully saturated rings. The highest BCUT2D eigenvalue weighted by atomic mass is 32.1. The first-order valence-electron chi connectivity index (χ1n) is 8.15. The summed E-state index contributed by atoms with van der Waals surface area (Å²) in [6, 6.07) is 7.70. The van der Waals surface area contributed by atoms with Gasteiger partial charge in [-0.3, -0.25) is 14.6 Å². The molecule has 0 unspecified atom stereocenters. The van der Waals surface area contributed by atoms with E-state index in [1.54, 1.807) is 23.7 Å². The van der Waals surface area contributed by atoms with Crippen LogP contribution in [-0.2, 0) is 9.59 Å². The fourth-order valence-corrected chi connectivity index (χ4v) is 4.02. The zero-order chi connectivity index (χ0) is 16.9. The number of thiophene rings is 1. The number of aromatic nitrogens is 1. The molecular formula is C18H21N3O2S. The second kappa shape index (κ2) is 7.57. The Labute approximate surface area is 145 Å². The van der Waals surface area contributed by atoms with E-state index in [1.807, 2.05) is 34.5 Å². The number of nitrogens with one attached hydrogen (secondary N) is 1. The van der Waals surface area contributed by atoms with E-state index >= 15 is 0 Å². The minimum Gasteiger partial charge on any atom is -0.348 e. The van der Waals surface area contributed by atoms with Crippen LogP contribution in [0.15, 0.2) is 42.0 Å². The third-order valence-corrected chi connectivity index (χ3v) is 5.29. The van der Waals surface area contributed by atoms with Crippen LogP contribution in [0.1, 0.15) is 48.7 Å². The number of likely N-dealkylation sites (tertiary alicyclic amines) is 1. The van der Waals surface area contributed by atoms with Crippen LogP contribution in [0.2, 0.25) is 0 Å². The van der Waals surface area contributed by atoms with Gasteiger partial charge in [-0.1, -0.05) is 6.07 Å². The lowest BCUT2D eigenvalue weighted by molar-refractivity contribution is -0.133. The van der Waals surface area contributed by atoms with Crippen molar-refractivity contribution in [2.24, 2.45) is 0 Å². The molecule has 3 heterocycles. The van der Waals surface area contributed by atoms with Gasteiger partial charge in [-0.2, -0.15) is 0 Å². The van der Waals surface area contributed by atoms with Crippen molar-refractivity contribution < 1.29 is 9.59 Å². The van der Waals surface area contributed by atoms with Crippen LogP contribution in [0.5, 0.6) is 0 Å². The molecule has 2 amide bonds. The van der Waals surface area contributed by atoms with Crippen molar-refractivity contribution in [1.29, 1.82) is 0 Å². The fraction of sp³-hybridized carbons (Fsp3) is 0.389. The molecule has 1 saturated heterocycles. The summed E-state index contributed by atoms with van der Waals surface area (Å²) in [7, 11) is 0. The van der Waals surface area contributed by atoms with Gasteiger partial charge in [0.1, 0.15) is 0 Å². The molecule has 0 radical (unpaired) electrons. The monoisotopic (exact) mass is 343 g/mol. The zero-order valence-electron chi connectivity index (χ0n) is 13.6. The van der Waals surface area contributed by atoms with Crippen LogP contribution in [-0.4, -0.2) is 28.2 Å². The first-order chi connectivity index (χ1) is 11.6. The van der Waals surface area contributed by atoms with Crippen molar-refractivity contribution in [3.05, 3.63) is 52.5 Å². The molecule has 6 heteroatoms. The molecule has 2 atom stereocenters. The number of pyridine rings is 1. The van der Waals surface area contributed by atoms with Gasteiger partial charge in [0, 0.05) is 30.7 Å². The van der Waals surface area contributed by atoms with Gasteiger partial charge in [0.25, 0.3) is 0 Å². The second-order valence-corrected chi connectivity index (χ2v) is 6.98. The minimum atomic E-state index is -0.256. The quantitative estimate of drug-likeness (QED) is 0.907. The van der Waals surface area contributed by atoms with Crippen molar-refractivity contribution >= 4 is 23.2 Å². The summed E-state index contributed by atoms with van der Waals surface area (Å²) in [5, 5.41) is 4.87. The van der Waals surface area contributed by atoms with E-state index in [1.165, 1.54) is 6.92 Å². The molecule has 24 heavy (non-hydrogen) atoms. The summed E-state index contributed by atoms with van der Waals surface area (Å²) in [6.07, 6.45) is 5.80. The number of amides is 2. The van der Waals surface area contributed by atoms with Gasteiger partial charge in [0.2, 0.25) is 11.8 Å². The smallest absolute Gasteiger partial charge is 0.225 e. The van der Waals surface area contributed by atoms with Crippen molar-refractivity contribution in [2.45, 2.75) is 38.3 Å². The van der Waals surface area contributed by atoms with Crippen LogP contribution in [0.4, 0.5) is 0 Å². The molecule has 0 saturated carbocycles. The lowest BCUT2D eigenvalue weighted by Crippen LogP contribution is -2.35. The van der Waals surface area contributed by atoms with E-state index in [0.717, 1.165) is 29.8 Å². The van der Waals surface area contributed by atoms with Crippen molar-refractivity contribution in [2.75, 3.05) is 6.54 Å². The van der Waals surface area contributed by atoms with Gasteiger partial charge in [-0.05, 0) is 42.0 Å². The summed E-state index contributed by atoms with van der Waals surface area (Å²) in [6.45, 7) is 2.25. The average Bonchev–Trinajstić information content (AvgIpc) is 3.26. The molecule has 126 valence electrons. The van der Waals surface area contributed by atoms with E-state index in [9.17, 15) is 9.59 Å². The van der Waals surface area contributed by atoms with Crippen molar-refractivity contribution in [3.63, 3.8) is 0 Å². The highest BCUT2D eigenvalue weighted by Crippen LogP contribution is 2.33. The molecule has 3 rings (SSSR count). The Balaban J connectivity index is 1.73. The molecular weight excluding hydrogens is 322 g/mol. The molecule has 0 aliphatic carbocycles.